The van der Waals surface area contributed by atoms with Gasteiger partial charge in [0, 0.05) is 19.6 Å². The van der Waals surface area contributed by atoms with Gasteiger partial charge < -0.3 is 29.5 Å². The Morgan fingerprint density at radius 3 is 2.79 bits per heavy atom. The van der Waals surface area contributed by atoms with Gasteiger partial charge in [0.1, 0.15) is 19.3 Å². The van der Waals surface area contributed by atoms with Crippen LogP contribution < -0.4 is 14.8 Å². The predicted molar refractivity (Wildman–Crippen MR) is 108 cm³/mol. The van der Waals surface area contributed by atoms with E-state index in [9.17, 15) is 9.90 Å². The number of aliphatic hydroxyl groups is 1. The zero-order chi connectivity index (χ0) is 20.3. The number of nitrogens with one attached hydrogen (secondary N) is 1. The maximum absolute atomic E-state index is 11.8. The van der Waals surface area contributed by atoms with Crippen molar-refractivity contribution in [3.8, 4) is 11.5 Å². The molecule has 160 valence electrons. The highest BCUT2D eigenvalue weighted by atomic mass is 16.6. The monoisotopic (exact) mass is 404 g/mol. The van der Waals surface area contributed by atoms with Crippen LogP contribution in [0.15, 0.2) is 24.3 Å². The van der Waals surface area contributed by atoms with Gasteiger partial charge in [0.2, 0.25) is 5.91 Å². The highest BCUT2D eigenvalue weighted by Gasteiger charge is 2.46. The summed E-state index contributed by atoms with van der Waals surface area (Å²) in [6.07, 6.45) is 3.87. The standard InChI is InChI=1S/C22H32N2O5/c1-2-3-8-20-22(28-15-21(26)23-20)9-11-24(12-10-22)13-16(25)19-14-27-17-6-4-5-7-18(17)29-19/h4-7,16,19-20,25H,2-3,8-15H2,1H3,(H,23,26). The van der Waals surface area contributed by atoms with Crippen molar-refractivity contribution >= 4 is 5.91 Å². The number of ether oxygens (including phenoxy) is 3. The fourth-order valence-corrected chi connectivity index (χ4v) is 4.64. The molecule has 1 amide bonds. The summed E-state index contributed by atoms with van der Waals surface area (Å²) < 4.78 is 17.8. The Morgan fingerprint density at radius 2 is 2.03 bits per heavy atom. The number of likely N-dealkylation sites (tertiary alicyclic amines) is 1. The Balaban J connectivity index is 1.31. The first kappa shape index (κ1) is 20.4. The first-order chi connectivity index (χ1) is 14.1. The number of aliphatic hydroxyl groups excluding tert-OH is 1. The number of amides is 1. The molecule has 3 aliphatic heterocycles. The fourth-order valence-electron chi connectivity index (χ4n) is 4.64. The van der Waals surface area contributed by atoms with Crippen molar-refractivity contribution in [2.75, 3.05) is 32.8 Å². The molecule has 29 heavy (non-hydrogen) atoms. The lowest BCUT2D eigenvalue weighted by molar-refractivity contribution is -0.163. The molecule has 1 aromatic carbocycles. The third-order valence-electron chi connectivity index (χ3n) is 6.41. The molecule has 3 aliphatic rings. The van der Waals surface area contributed by atoms with Gasteiger partial charge in [-0.2, -0.15) is 0 Å². The van der Waals surface area contributed by atoms with Crippen LogP contribution in [0.3, 0.4) is 0 Å². The van der Waals surface area contributed by atoms with Crippen LogP contribution in [-0.4, -0.2) is 72.6 Å². The van der Waals surface area contributed by atoms with Crippen LogP contribution in [0.25, 0.3) is 0 Å². The Bertz CT molecular complexity index is 704. The van der Waals surface area contributed by atoms with E-state index in [1.165, 1.54) is 0 Å². The predicted octanol–water partition coefficient (Wildman–Crippen LogP) is 1.73. The van der Waals surface area contributed by atoms with Gasteiger partial charge in [-0.1, -0.05) is 31.9 Å². The number of carbonyl (C=O) groups excluding carboxylic acids is 1. The second-order valence-corrected chi connectivity index (χ2v) is 8.40. The summed E-state index contributed by atoms with van der Waals surface area (Å²) in [7, 11) is 0. The molecule has 2 N–H and O–H groups in total. The van der Waals surface area contributed by atoms with E-state index in [1.807, 2.05) is 24.3 Å². The highest BCUT2D eigenvalue weighted by molar-refractivity contribution is 5.78. The molecule has 0 aromatic heterocycles. The second kappa shape index (κ2) is 8.90. The third kappa shape index (κ3) is 4.52. The van der Waals surface area contributed by atoms with E-state index < -0.39 is 6.10 Å². The Hall–Kier alpha value is -1.83. The Morgan fingerprint density at radius 1 is 1.28 bits per heavy atom. The molecule has 1 aromatic rings. The van der Waals surface area contributed by atoms with Gasteiger partial charge >= 0.3 is 0 Å². The molecule has 3 unspecified atom stereocenters. The number of morpholine rings is 1. The van der Waals surface area contributed by atoms with Crippen LogP contribution in [0.5, 0.6) is 11.5 Å². The number of benzene rings is 1. The number of rotatable bonds is 6. The first-order valence-electron chi connectivity index (χ1n) is 10.8. The van der Waals surface area contributed by atoms with Crippen molar-refractivity contribution in [1.82, 2.24) is 10.2 Å². The number of β-amino-alcohol motifs (C(OH)–C–C–N with tert-alkyl or cyclic N) is 1. The van der Waals surface area contributed by atoms with E-state index >= 15 is 0 Å². The van der Waals surface area contributed by atoms with Crippen LogP contribution in [0, 0.1) is 0 Å². The lowest BCUT2D eigenvalue weighted by atomic mass is 9.80. The van der Waals surface area contributed by atoms with Gasteiger partial charge in [0.15, 0.2) is 17.6 Å². The quantitative estimate of drug-likeness (QED) is 0.752. The maximum Gasteiger partial charge on any atom is 0.246 e. The number of nitrogens with zero attached hydrogens (tertiary/aromatic N) is 1. The number of hydrogen-bond acceptors (Lipinski definition) is 6. The molecule has 2 saturated heterocycles. The molecule has 0 aliphatic carbocycles. The molecule has 1 spiro atoms. The van der Waals surface area contributed by atoms with Crippen molar-refractivity contribution < 1.29 is 24.1 Å². The molecule has 7 nitrogen and oxygen atoms in total. The lowest BCUT2D eigenvalue weighted by Gasteiger charge is -2.49. The van der Waals surface area contributed by atoms with Gasteiger partial charge in [0.25, 0.3) is 0 Å². The molecule has 3 heterocycles. The van der Waals surface area contributed by atoms with Gasteiger partial charge in [-0.15, -0.1) is 0 Å². The molecule has 0 bridgehead atoms. The van der Waals surface area contributed by atoms with E-state index in [1.54, 1.807) is 0 Å². The molecule has 2 fully saturated rings. The number of piperidine rings is 1. The highest BCUT2D eigenvalue weighted by Crippen LogP contribution is 2.35. The number of hydrogen-bond donors (Lipinski definition) is 2. The van der Waals surface area contributed by atoms with Gasteiger partial charge in [-0.3, -0.25) is 4.79 Å². The number of unbranched alkanes of at least 4 members (excludes halogenated alkanes) is 1. The summed E-state index contributed by atoms with van der Waals surface area (Å²) in [4.78, 5) is 14.1. The smallest absolute Gasteiger partial charge is 0.246 e. The summed E-state index contributed by atoms with van der Waals surface area (Å²) in [5.41, 5.74) is -0.270. The van der Waals surface area contributed by atoms with E-state index in [0.29, 0.717) is 18.9 Å². The van der Waals surface area contributed by atoms with E-state index in [4.69, 9.17) is 14.2 Å². The number of fused-ring (bicyclic) bond motifs is 1. The topological polar surface area (TPSA) is 80.3 Å². The third-order valence-corrected chi connectivity index (χ3v) is 6.41. The maximum atomic E-state index is 11.8. The van der Waals surface area contributed by atoms with E-state index in [-0.39, 0.29) is 30.3 Å². The van der Waals surface area contributed by atoms with Crippen LogP contribution in [0.1, 0.15) is 39.0 Å². The summed E-state index contributed by atoms with van der Waals surface area (Å²) in [6, 6.07) is 7.64. The summed E-state index contributed by atoms with van der Waals surface area (Å²) >= 11 is 0. The lowest BCUT2D eigenvalue weighted by Crippen LogP contribution is -2.64. The minimum Gasteiger partial charge on any atom is -0.486 e. The van der Waals surface area contributed by atoms with Crippen LogP contribution in [0.4, 0.5) is 0 Å². The molecule has 0 radical (unpaired) electrons. The average molecular weight is 405 g/mol. The van der Waals surface area contributed by atoms with Crippen molar-refractivity contribution in [2.24, 2.45) is 0 Å². The normalized spacial score (nSPS) is 27.4. The minimum atomic E-state index is -0.625. The zero-order valence-corrected chi connectivity index (χ0v) is 17.1. The van der Waals surface area contributed by atoms with Gasteiger partial charge in [0.05, 0.1) is 11.6 Å². The summed E-state index contributed by atoms with van der Waals surface area (Å²) in [5.74, 6) is 1.40. The Kier molecular flexibility index (Phi) is 6.27. The Labute approximate surface area is 172 Å². The minimum absolute atomic E-state index is 0.00990. The summed E-state index contributed by atoms with van der Waals surface area (Å²) in [6.45, 7) is 4.87. The van der Waals surface area contributed by atoms with Gasteiger partial charge in [-0.05, 0) is 31.4 Å². The van der Waals surface area contributed by atoms with E-state index in [0.717, 1.165) is 50.9 Å². The molecule has 3 atom stereocenters. The van der Waals surface area contributed by atoms with Crippen molar-refractivity contribution in [3.63, 3.8) is 0 Å². The molecule has 4 rings (SSSR count). The number of carbonyl (C=O) groups is 1. The molecular weight excluding hydrogens is 372 g/mol. The van der Waals surface area contributed by atoms with Crippen molar-refractivity contribution in [3.05, 3.63) is 24.3 Å². The SMILES string of the molecule is CCCCC1NC(=O)COC12CCN(CC(O)C1COc3ccccc3O1)CC2. The van der Waals surface area contributed by atoms with Crippen molar-refractivity contribution in [1.29, 1.82) is 0 Å². The zero-order valence-electron chi connectivity index (χ0n) is 17.1. The number of para-hydroxylation sites is 2. The fraction of sp³-hybridized carbons (Fsp3) is 0.682. The summed E-state index contributed by atoms with van der Waals surface area (Å²) in [5, 5.41) is 13.9. The molecular formula is C22H32N2O5. The first-order valence-corrected chi connectivity index (χ1v) is 10.8. The molecule has 7 heteroatoms. The second-order valence-electron chi connectivity index (χ2n) is 8.40. The largest absolute Gasteiger partial charge is 0.486 e. The van der Waals surface area contributed by atoms with Crippen LogP contribution >= 0.6 is 0 Å². The van der Waals surface area contributed by atoms with Crippen LogP contribution in [0.2, 0.25) is 0 Å². The van der Waals surface area contributed by atoms with Crippen LogP contribution in [-0.2, 0) is 9.53 Å². The van der Waals surface area contributed by atoms with Gasteiger partial charge in [-0.25, -0.2) is 0 Å². The van der Waals surface area contributed by atoms with Crippen molar-refractivity contribution in [2.45, 2.75) is 62.9 Å². The van der Waals surface area contributed by atoms with E-state index in [2.05, 4.69) is 17.1 Å². The average Bonchev–Trinajstić information content (AvgIpc) is 2.75. The molecule has 0 saturated carbocycles.